The van der Waals surface area contributed by atoms with Crippen LogP contribution in [0.1, 0.15) is 17.2 Å². The number of nitrogens with zero attached hydrogens (tertiary/aromatic N) is 2. The quantitative estimate of drug-likeness (QED) is 0.801. The van der Waals surface area contributed by atoms with Crippen LogP contribution in [0.15, 0.2) is 54.9 Å². The SMILES string of the molecule is O=C(O)C(Cc1ccc(F)cc1)c1cccc2nccn12. The third kappa shape index (κ3) is 2.63. The second-order valence-electron chi connectivity index (χ2n) is 4.83. The number of hydrogen-bond acceptors (Lipinski definition) is 2. The van der Waals surface area contributed by atoms with E-state index < -0.39 is 11.9 Å². The van der Waals surface area contributed by atoms with Crippen LogP contribution in [0.3, 0.4) is 0 Å². The van der Waals surface area contributed by atoms with Gasteiger partial charge in [-0.1, -0.05) is 18.2 Å². The molecule has 3 aromatic rings. The van der Waals surface area contributed by atoms with Crippen LogP contribution in [0, 0.1) is 5.82 Å². The average Bonchev–Trinajstić information content (AvgIpc) is 2.95. The van der Waals surface area contributed by atoms with Gasteiger partial charge >= 0.3 is 5.97 Å². The van der Waals surface area contributed by atoms with Crippen molar-refractivity contribution in [3.05, 3.63) is 71.9 Å². The number of halogens is 1. The van der Waals surface area contributed by atoms with E-state index in [1.807, 2.05) is 6.07 Å². The second-order valence-corrected chi connectivity index (χ2v) is 4.83. The Balaban J connectivity index is 2.00. The van der Waals surface area contributed by atoms with Gasteiger partial charge in [-0.15, -0.1) is 0 Å². The van der Waals surface area contributed by atoms with Crippen LogP contribution in [-0.4, -0.2) is 20.5 Å². The minimum atomic E-state index is -0.916. The molecule has 0 radical (unpaired) electrons. The lowest BCUT2D eigenvalue weighted by atomic mass is 9.95. The summed E-state index contributed by atoms with van der Waals surface area (Å²) in [6.07, 6.45) is 3.67. The Morgan fingerprint density at radius 3 is 2.71 bits per heavy atom. The number of aliphatic carboxylic acids is 1. The lowest BCUT2D eigenvalue weighted by Gasteiger charge is -2.15. The molecule has 0 fully saturated rings. The molecule has 1 aromatic carbocycles. The normalized spacial score (nSPS) is 12.4. The number of fused-ring (bicyclic) bond motifs is 1. The zero-order valence-corrected chi connectivity index (χ0v) is 11.1. The van der Waals surface area contributed by atoms with E-state index in [0.29, 0.717) is 17.8 Å². The Kier molecular flexibility index (Phi) is 3.39. The van der Waals surface area contributed by atoms with Crippen LogP contribution in [0.4, 0.5) is 4.39 Å². The van der Waals surface area contributed by atoms with Crippen LogP contribution in [0.25, 0.3) is 5.65 Å². The van der Waals surface area contributed by atoms with E-state index in [0.717, 1.165) is 5.56 Å². The monoisotopic (exact) mass is 284 g/mol. The molecule has 1 unspecified atom stereocenters. The summed E-state index contributed by atoms with van der Waals surface area (Å²) in [5, 5.41) is 9.53. The minimum Gasteiger partial charge on any atom is -0.481 e. The first-order valence-corrected chi connectivity index (χ1v) is 6.54. The van der Waals surface area contributed by atoms with Crippen molar-refractivity contribution in [2.45, 2.75) is 12.3 Å². The molecule has 0 amide bonds. The molecule has 2 heterocycles. The van der Waals surface area contributed by atoms with Crippen molar-refractivity contribution >= 4 is 11.6 Å². The smallest absolute Gasteiger partial charge is 0.312 e. The van der Waals surface area contributed by atoms with Gasteiger partial charge in [0.2, 0.25) is 0 Å². The molecule has 5 heteroatoms. The van der Waals surface area contributed by atoms with Gasteiger partial charge in [0.25, 0.3) is 0 Å². The van der Waals surface area contributed by atoms with Gasteiger partial charge in [0.15, 0.2) is 0 Å². The third-order valence-corrected chi connectivity index (χ3v) is 3.47. The summed E-state index contributed by atoms with van der Waals surface area (Å²) in [6, 6.07) is 11.3. The van der Waals surface area contributed by atoms with Gasteiger partial charge < -0.3 is 9.51 Å². The van der Waals surface area contributed by atoms with Crippen LogP contribution >= 0.6 is 0 Å². The Morgan fingerprint density at radius 2 is 2.00 bits per heavy atom. The van der Waals surface area contributed by atoms with E-state index in [9.17, 15) is 14.3 Å². The van der Waals surface area contributed by atoms with Gasteiger partial charge in [-0.2, -0.15) is 0 Å². The van der Waals surface area contributed by atoms with E-state index >= 15 is 0 Å². The Labute approximate surface area is 120 Å². The molecule has 2 aromatic heterocycles. The van der Waals surface area contributed by atoms with Crippen molar-refractivity contribution < 1.29 is 14.3 Å². The Hall–Kier alpha value is -2.69. The molecule has 0 saturated carbocycles. The number of hydrogen-bond donors (Lipinski definition) is 1. The molecule has 0 saturated heterocycles. The van der Waals surface area contributed by atoms with Crippen molar-refractivity contribution in [1.29, 1.82) is 0 Å². The largest absolute Gasteiger partial charge is 0.481 e. The summed E-state index contributed by atoms with van der Waals surface area (Å²) < 4.78 is 14.7. The van der Waals surface area contributed by atoms with E-state index in [-0.39, 0.29) is 5.82 Å². The molecule has 0 bridgehead atoms. The summed E-state index contributed by atoms with van der Waals surface area (Å²) in [6.45, 7) is 0. The number of aromatic nitrogens is 2. The second kappa shape index (κ2) is 5.36. The molecule has 1 N–H and O–H groups in total. The molecule has 4 nitrogen and oxygen atoms in total. The van der Waals surface area contributed by atoms with Crippen molar-refractivity contribution in [2.24, 2.45) is 0 Å². The maximum absolute atomic E-state index is 12.9. The first kappa shape index (κ1) is 13.3. The summed E-state index contributed by atoms with van der Waals surface area (Å²) in [7, 11) is 0. The fourth-order valence-corrected chi connectivity index (χ4v) is 2.43. The van der Waals surface area contributed by atoms with E-state index in [4.69, 9.17) is 0 Å². The highest BCUT2D eigenvalue weighted by atomic mass is 19.1. The van der Waals surface area contributed by atoms with Gasteiger partial charge in [-0.25, -0.2) is 9.37 Å². The lowest BCUT2D eigenvalue weighted by molar-refractivity contribution is -0.138. The molecule has 0 aliphatic carbocycles. The maximum atomic E-state index is 12.9. The zero-order chi connectivity index (χ0) is 14.8. The predicted octanol–water partition coefficient (Wildman–Crippen LogP) is 2.88. The van der Waals surface area contributed by atoms with Crippen molar-refractivity contribution in [2.75, 3.05) is 0 Å². The van der Waals surface area contributed by atoms with Crippen molar-refractivity contribution in [3.63, 3.8) is 0 Å². The molecule has 1 atom stereocenters. The highest BCUT2D eigenvalue weighted by Gasteiger charge is 2.22. The minimum absolute atomic E-state index is 0.299. The standard InChI is InChI=1S/C16H13FN2O2/c17-12-6-4-11(5-7-12)10-13(16(20)21)14-2-1-3-15-18-8-9-19(14)15/h1-9,13H,10H2,(H,20,21). The third-order valence-electron chi connectivity index (χ3n) is 3.47. The topological polar surface area (TPSA) is 54.6 Å². The Bertz CT molecular complexity index is 780. The van der Waals surface area contributed by atoms with Gasteiger partial charge in [-0.05, 0) is 36.2 Å². The summed E-state index contributed by atoms with van der Waals surface area (Å²) in [4.78, 5) is 15.8. The van der Waals surface area contributed by atoms with Gasteiger partial charge in [0.05, 0.1) is 0 Å². The van der Waals surface area contributed by atoms with Crippen LogP contribution in [0.2, 0.25) is 0 Å². The van der Waals surface area contributed by atoms with Crippen molar-refractivity contribution in [3.8, 4) is 0 Å². The molecule has 0 aliphatic heterocycles. The van der Waals surface area contributed by atoms with Crippen LogP contribution in [0.5, 0.6) is 0 Å². The molecule has 106 valence electrons. The summed E-state index contributed by atoms with van der Waals surface area (Å²) >= 11 is 0. The molecular formula is C16H13FN2O2. The van der Waals surface area contributed by atoms with Gasteiger partial charge in [0.1, 0.15) is 17.4 Å². The van der Waals surface area contributed by atoms with Crippen LogP contribution in [-0.2, 0) is 11.2 Å². The van der Waals surface area contributed by atoms with Gasteiger partial charge in [0, 0.05) is 18.1 Å². The molecule has 0 aliphatic rings. The number of benzene rings is 1. The summed E-state index contributed by atoms with van der Waals surface area (Å²) in [5.74, 6) is -1.96. The van der Waals surface area contributed by atoms with Crippen molar-refractivity contribution in [1.82, 2.24) is 9.38 Å². The Morgan fingerprint density at radius 1 is 1.24 bits per heavy atom. The van der Waals surface area contributed by atoms with E-state index in [1.165, 1.54) is 12.1 Å². The summed E-state index contributed by atoms with van der Waals surface area (Å²) in [5.41, 5.74) is 2.14. The maximum Gasteiger partial charge on any atom is 0.312 e. The fraction of sp³-hybridized carbons (Fsp3) is 0.125. The zero-order valence-electron chi connectivity index (χ0n) is 11.1. The van der Waals surface area contributed by atoms with E-state index in [2.05, 4.69) is 4.98 Å². The van der Waals surface area contributed by atoms with Gasteiger partial charge in [-0.3, -0.25) is 4.79 Å². The molecule has 3 rings (SSSR count). The molecule has 21 heavy (non-hydrogen) atoms. The number of carboxylic acid groups (broad SMARTS) is 1. The first-order chi connectivity index (χ1) is 10.1. The number of rotatable bonds is 4. The number of imidazole rings is 1. The first-order valence-electron chi connectivity index (χ1n) is 6.54. The lowest BCUT2D eigenvalue weighted by Crippen LogP contribution is -2.17. The average molecular weight is 284 g/mol. The molecule has 0 spiro atoms. The fourth-order valence-electron chi connectivity index (χ4n) is 2.43. The number of pyridine rings is 1. The molecular weight excluding hydrogens is 271 g/mol. The predicted molar refractivity (Wildman–Crippen MR) is 75.7 cm³/mol. The van der Waals surface area contributed by atoms with E-state index in [1.54, 1.807) is 41.1 Å². The number of carboxylic acids is 1. The van der Waals surface area contributed by atoms with Crippen LogP contribution < -0.4 is 0 Å². The highest BCUT2D eigenvalue weighted by molar-refractivity contribution is 5.76. The highest BCUT2D eigenvalue weighted by Crippen LogP contribution is 2.22. The number of carbonyl (C=O) groups is 1.